The number of nitrogens with zero attached hydrogens (tertiary/aromatic N) is 2. The second-order valence-electron chi connectivity index (χ2n) is 4.27. The fourth-order valence-electron chi connectivity index (χ4n) is 1.77. The Morgan fingerprint density at radius 1 is 1.39 bits per heavy atom. The summed E-state index contributed by atoms with van der Waals surface area (Å²) in [6.45, 7) is 2.04. The fraction of sp³-hybridized carbons (Fsp3) is 0.308. The normalized spacial score (nSPS) is 14.4. The Bertz CT molecular complexity index is 524. The molecule has 0 aliphatic heterocycles. The summed E-state index contributed by atoms with van der Waals surface area (Å²) in [5, 5.41) is 4.40. The number of aryl methyl sites for hydroxylation is 1. The molecule has 18 heavy (non-hydrogen) atoms. The zero-order chi connectivity index (χ0) is 13.1. The van der Waals surface area contributed by atoms with Gasteiger partial charge in [-0.2, -0.15) is 5.10 Å². The van der Waals surface area contributed by atoms with Crippen LogP contribution in [0.3, 0.4) is 0 Å². The molecule has 1 aromatic carbocycles. The zero-order valence-corrected chi connectivity index (χ0v) is 12.8. The number of nitrogens with two attached hydrogens (primary N) is 1. The minimum atomic E-state index is 0.0638. The molecule has 0 aliphatic carbocycles. The highest BCUT2D eigenvalue weighted by molar-refractivity contribution is 9.10. The van der Waals surface area contributed by atoms with Gasteiger partial charge in [0, 0.05) is 28.7 Å². The molecule has 0 amide bonds. The van der Waals surface area contributed by atoms with Crippen molar-refractivity contribution in [3.8, 4) is 0 Å². The highest BCUT2D eigenvalue weighted by atomic mass is 79.9. The van der Waals surface area contributed by atoms with Crippen LogP contribution in [0.15, 0.2) is 46.0 Å². The van der Waals surface area contributed by atoms with Crippen LogP contribution in [0.25, 0.3) is 0 Å². The molecule has 0 saturated carbocycles. The SMILES string of the molecule is CC(N)C(Sc1cnn(C)c1)c1ccccc1Br. The van der Waals surface area contributed by atoms with Crippen molar-refractivity contribution in [2.24, 2.45) is 12.8 Å². The maximum atomic E-state index is 6.12. The van der Waals surface area contributed by atoms with E-state index in [2.05, 4.69) is 33.2 Å². The summed E-state index contributed by atoms with van der Waals surface area (Å²) in [5.74, 6) is 0. The molecule has 5 heteroatoms. The molecule has 2 atom stereocenters. The summed E-state index contributed by atoms with van der Waals surface area (Å²) in [5.41, 5.74) is 7.35. The first-order valence-electron chi connectivity index (χ1n) is 5.73. The molecule has 0 fully saturated rings. The van der Waals surface area contributed by atoms with Crippen LogP contribution >= 0.6 is 27.7 Å². The van der Waals surface area contributed by atoms with E-state index < -0.39 is 0 Å². The van der Waals surface area contributed by atoms with Gasteiger partial charge in [0.05, 0.1) is 11.4 Å². The lowest BCUT2D eigenvalue weighted by Gasteiger charge is -2.21. The van der Waals surface area contributed by atoms with Crippen LogP contribution in [0.1, 0.15) is 17.7 Å². The Hall–Kier alpha value is -0.780. The van der Waals surface area contributed by atoms with Gasteiger partial charge in [0.25, 0.3) is 0 Å². The van der Waals surface area contributed by atoms with Crippen LogP contribution < -0.4 is 5.73 Å². The van der Waals surface area contributed by atoms with E-state index in [9.17, 15) is 0 Å². The van der Waals surface area contributed by atoms with Crippen LogP contribution in [-0.4, -0.2) is 15.8 Å². The molecular formula is C13H16BrN3S. The molecule has 0 bridgehead atoms. The lowest BCUT2D eigenvalue weighted by molar-refractivity contribution is 0.719. The van der Waals surface area contributed by atoms with E-state index in [1.54, 1.807) is 16.4 Å². The first kappa shape index (κ1) is 13.6. The van der Waals surface area contributed by atoms with Gasteiger partial charge in [0.2, 0.25) is 0 Å². The Morgan fingerprint density at radius 2 is 2.11 bits per heavy atom. The predicted molar refractivity (Wildman–Crippen MR) is 79.6 cm³/mol. The van der Waals surface area contributed by atoms with Crippen molar-refractivity contribution in [1.29, 1.82) is 0 Å². The molecule has 3 nitrogen and oxygen atoms in total. The standard InChI is InChI=1S/C13H16BrN3S/c1-9(15)13(11-5-3-4-6-12(11)14)18-10-7-16-17(2)8-10/h3-9,13H,15H2,1-2H3. The molecule has 0 radical (unpaired) electrons. The molecule has 2 N–H and O–H groups in total. The van der Waals surface area contributed by atoms with Crippen molar-refractivity contribution in [2.45, 2.75) is 23.1 Å². The number of aromatic nitrogens is 2. The number of hydrogen-bond acceptors (Lipinski definition) is 3. The van der Waals surface area contributed by atoms with Gasteiger partial charge in [0.15, 0.2) is 0 Å². The van der Waals surface area contributed by atoms with Gasteiger partial charge in [-0.1, -0.05) is 34.1 Å². The van der Waals surface area contributed by atoms with Crippen molar-refractivity contribution < 1.29 is 0 Å². The first-order valence-corrected chi connectivity index (χ1v) is 7.40. The molecular weight excluding hydrogens is 310 g/mol. The highest BCUT2D eigenvalue weighted by Crippen LogP contribution is 2.39. The van der Waals surface area contributed by atoms with Crippen LogP contribution in [0.4, 0.5) is 0 Å². The lowest BCUT2D eigenvalue weighted by Crippen LogP contribution is -2.22. The Kier molecular flexibility index (Phi) is 4.48. The van der Waals surface area contributed by atoms with Gasteiger partial charge in [-0.3, -0.25) is 4.68 Å². The lowest BCUT2D eigenvalue weighted by atomic mass is 10.1. The van der Waals surface area contributed by atoms with Gasteiger partial charge in [-0.15, -0.1) is 11.8 Å². The van der Waals surface area contributed by atoms with Crippen molar-refractivity contribution >= 4 is 27.7 Å². The molecule has 2 rings (SSSR count). The molecule has 0 spiro atoms. The van der Waals surface area contributed by atoms with E-state index in [1.165, 1.54) is 5.56 Å². The Labute approximate surface area is 120 Å². The van der Waals surface area contributed by atoms with E-state index >= 15 is 0 Å². The molecule has 1 heterocycles. The second kappa shape index (κ2) is 5.91. The molecule has 2 aromatic rings. The average Bonchev–Trinajstić information content (AvgIpc) is 2.73. The third-order valence-corrected chi connectivity index (χ3v) is 4.78. The van der Waals surface area contributed by atoms with E-state index in [0.29, 0.717) is 0 Å². The number of hydrogen-bond donors (Lipinski definition) is 1. The monoisotopic (exact) mass is 325 g/mol. The Balaban J connectivity index is 2.27. The van der Waals surface area contributed by atoms with Crippen LogP contribution in [-0.2, 0) is 7.05 Å². The first-order chi connectivity index (χ1) is 8.58. The van der Waals surface area contributed by atoms with Gasteiger partial charge in [0.1, 0.15) is 0 Å². The number of thioether (sulfide) groups is 1. The number of halogens is 1. The third kappa shape index (κ3) is 3.16. The molecule has 0 saturated heterocycles. The van der Waals surface area contributed by atoms with Crippen molar-refractivity contribution in [3.05, 3.63) is 46.7 Å². The van der Waals surface area contributed by atoms with Crippen LogP contribution in [0, 0.1) is 0 Å². The van der Waals surface area contributed by atoms with Gasteiger partial charge in [-0.25, -0.2) is 0 Å². The largest absolute Gasteiger partial charge is 0.327 e. The highest BCUT2D eigenvalue weighted by Gasteiger charge is 2.20. The minimum absolute atomic E-state index is 0.0638. The predicted octanol–water partition coefficient (Wildman–Crippen LogP) is 3.36. The topological polar surface area (TPSA) is 43.8 Å². The number of rotatable bonds is 4. The van der Waals surface area contributed by atoms with Crippen LogP contribution in [0.5, 0.6) is 0 Å². The summed E-state index contributed by atoms with van der Waals surface area (Å²) < 4.78 is 2.91. The minimum Gasteiger partial charge on any atom is -0.327 e. The number of benzene rings is 1. The smallest absolute Gasteiger partial charge is 0.0626 e. The van der Waals surface area contributed by atoms with E-state index in [0.717, 1.165) is 9.37 Å². The van der Waals surface area contributed by atoms with E-state index in [4.69, 9.17) is 5.73 Å². The van der Waals surface area contributed by atoms with Crippen molar-refractivity contribution in [3.63, 3.8) is 0 Å². The molecule has 1 aromatic heterocycles. The van der Waals surface area contributed by atoms with Crippen molar-refractivity contribution in [1.82, 2.24) is 9.78 Å². The average molecular weight is 326 g/mol. The van der Waals surface area contributed by atoms with E-state index in [-0.39, 0.29) is 11.3 Å². The maximum Gasteiger partial charge on any atom is 0.0626 e. The molecule has 2 unspecified atom stereocenters. The molecule has 96 valence electrons. The quantitative estimate of drug-likeness (QED) is 0.876. The van der Waals surface area contributed by atoms with Gasteiger partial charge in [-0.05, 0) is 18.6 Å². The Morgan fingerprint density at radius 3 is 2.67 bits per heavy atom. The van der Waals surface area contributed by atoms with E-state index in [1.807, 2.05) is 38.5 Å². The van der Waals surface area contributed by atoms with Gasteiger partial charge >= 0.3 is 0 Å². The summed E-state index contributed by atoms with van der Waals surface area (Å²) in [6, 6.07) is 8.28. The second-order valence-corrected chi connectivity index (χ2v) is 6.34. The maximum absolute atomic E-state index is 6.12. The summed E-state index contributed by atoms with van der Waals surface area (Å²) in [6.07, 6.45) is 3.88. The third-order valence-electron chi connectivity index (χ3n) is 2.63. The summed E-state index contributed by atoms with van der Waals surface area (Å²) in [7, 11) is 1.92. The summed E-state index contributed by atoms with van der Waals surface area (Å²) in [4.78, 5) is 1.13. The zero-order valence-electron chi connectivity index (χ0n) is 10.4. The fourth-order valence-corrected chi connectivity index (χ4v) is 3.61. The van der Waals surface area contributed by atoms with Crippen molar-refractivity contribution in [2.75, 3.05) is 0 Å². The van der Waals surface area contributed by atoms with Gasteiger partial charge < -0.3 is 5.73 Å². The molecule has 0 aliphatic rings. The summed E-state index contributed by atoms with van der Waals surface area (Å²) >= 11 is 5.34. The van der Waals surface area contributed by atoms with Crippen LogP contribution in [0.2, 0.25) is 0 Å².